The van der Waals surface area contributed by atoms with Crippen LogP contribution in [0.1, 0.15) is 114 Å². The predicted molar refractivity (Wildman–Crippen MR) is 134 cm³/mol. The van der Waals surface area contributed by atoms with Gasteiger partial charge < -0.3 is 14.7 Å². The number of hydrogen-bond acceptors (Lipinski definition) is 3. The van der Waals surface area contributed by atoms with Gasteiger partial charge in [-0.1, -0.05) is 78.1 Å². The van der Waals surface area contributed by atoms with Crippen LogP contribution in [0.2, 0.25) is 0 Å². The van der Waals surface area contributed by atoms with Crippen molar-refractivity contribution in [3.05, 3.63) is 36.4 Å². The van der Waals surface area contributed by atoms with Crippen molar-refractivity contribution in [1.82, 2.24) is 19.9 Å². The second kappa shape index (κ2) is 12.7. The van der Waals surface area contributed by atoms with Crippen LogP contribution in [0.3, 0.4) is 0 Å². The predicted octanol–water partition coefficient (Wildman–Crippen LogP) is 7.23. The van der Waals surface area contributed by atoms with E-state index in [1.165, 1.54) is 75.6 Å². The van der Waals surface area contributed by atoms with Gasteiger partial charge in [0.2, 0.25) is 0 Å². The number of rotatable bonds is 14. The lowest BCUT2D eigenvalue weighted by Crippen LogP contribution is -2.23. The first-order chi connectivity index (χ1) is 16.3. The molecule has 4 atom stereocenters. The zero-order valence-corrected chi connectivity index (χ0v) is 21.0. The number of aromatic nitrogens is 4. The van der Waals surface area contributed by atoms with Gasteiger partial charge in [-0.05, 0) is 36.5 Å². The number of nitrogens with one attached hydrogen (secondary N) is 2. The molecule has 2 fully saturated rings. The zero-order valence-electron chi connectivity index (χ0n) is 21.0. The quantitative estimate of drug-likeness (QED) is 0.296. The second-order valence-electron chi connectivity index (χ2n) is 10.6. The van der Waals surface area contributed by atoms with Crippen LogP contribution in [-0.4, -0.2) is 33.1 Å². The Morgan fingerprint density at radius 1 is 0.758 bits per heavy atom. The number of imidazole rings is 2. The van der Waals surface area contributed by atoms with Crippen molar-refractivity contribution >= 4 is 0 Å². The lowest BCUT2D eigenvalue weighted by Gasteiger charge is -2.31. The minimum atomic E-state index is 0.533. The van der Waals surface area contributed by atoms with E-state index in [4.69, 9.17) is 4.74 Å². The molecule has 5 nitrogen and oxygen atoms in total. The molecule has 0 spiro atoms. The molecule has 0 aliphatic heterocycles. The Bertz CT molecular complexity index is 683. The Hall–Kier alpha value is -1.62. The molecular formula is C28H46N4O. The van der Waals surface area contributed by atoms with Crippen molar-refractivity contribution < 1.29 is 4.74 Å². The number of ether oxygens (including phenoxy) is 1. The van der Waals surface area contributed by atoms with E-state index < -0.39 is 0 Å². The standard InChI is InChI=1S/C28H46N4O/c1-3-23(21-9-5-6-10-21)25(27-17-29-19-31-27)13-15-33-16-14-26(28-18-30-20-32-28)24(4-2)22-11-7-8-12-22/h17-26H,3-16H2,1-2H3,(H,29,31)(H,30,32). The molecule has 0 amide bonds. The fourth-order valence-corrected chi connectivity index (χ4v) is 7.33. The number of aromatic amines is 2. The highest BCUT2D eigenvalue weighted by Crippen LogP contribution is 2.43. The lowest BCUT2D eigenvalue weighted by molar-refractivity contribution is 0.0992. The molecule has 0 radical (unpaired) electrons. The van der Waals surface area contributed by atoms with Gasteiger partial charge in [-0.3, -0.25) is 0 Å². The number of nitrogens with zero attached hydrogens (tertiary/aromatic N) is 2. The third kappa shape index (κ3) is 6.29. The Labute approximate surface area is 200 Å². The highest BCUT2D eigenvalue weighted by Gasteiger charge is 2.33. The van der Waals surface area contributed by atoms with Crippen molar-refractivity contribution in [2.75, 3.05) is 13.2 Å². The van der Waals surface area contributed by atoms with Crippen molar-refractivity contribution in [2.45, 2.75) is 103 Å². The molecule has 2 aliphatic rings. The lowest BCUT2D eigenvalue weighted by atomic mass is 9.76. The molecule has 2 aromatic heterocycles. The van der Waals surface area contributed by atoms with Crippen LogP contribution in [0.5, 0.6) is 0 Å². The first-order valence-electron chi connectivity index (χ1n) is 13.9. The zero-order chi connectivity index (χ0) is 22.9. The fourth-order valence-electron chi connectivity index (χ4n) is 7.33. The monoisotopic (exact) mass is 454 g/mol. The summed E-state index contributed by atoms with van der Waals surface area (Å²) >= 11 is 0. The maximum Gasteiger partial charge on any atom is 0.0921 e. The Balaban J connectivity index is 1.32. The molecule has 2 aromatic rings. The van der Waals surface area contributed by atoms with E-state index in [2.05, 4.69) is 33.8 Å². The molecule has 33 heavy (non-hydrogen) atoms. The van der Waals surface area contributed by atoms with E-state index in [9.17, 15) is 0 Å². The van der Waals surface area contributed by atoms with Crippen molar-refractivity contribution in [3.8, 4) is 0 Å². The van der Waals surface area contributed by atoms with E-state index in [0.29, 0.717) is 11.8 Å². The molecule has 5 heteroatoms. The van der Waals surface area contributed by atoms with Crippen LogP contribution >= 0.6 is 0 Å². The molecule has 2 N–H and O–H groups in total. The normalized spacial score (nSPS) is 21.4. The van der Waals surface area contributed by atoms with Gasteiger partial charge in [0, 0.05) is 48.8 Å². The van der Waals surface area contributed by atoms with E-state index >= 15 is 0 Å². The minimum Gasteiger partial charge on any atom is -0.381 e. The van der Waals surface area contributed by atoms with Crippen LogP contribution in [0.4, 0.5) is 0 Å². The van der Waals surface area contributed by atoms with Crippen LogP contribution in [0, 0.1) is 23.7 Å². The van der Waals surface area contributed by atoms with Gasteiger partial charge in [0.1, 0.15) is 0 Å². The molecule has 4 unspecified atom stereocenters. The minimum absolute atomic E-state index is 0.533. The van der Waals surface area contributed by atoms with Crippen LogP contribution in [-0.2, 0) is 4.74 Å². The Morgan fingerprint density at radius 2 is 1.18 bits per heavy atom. The van der Waals surface area contributed by atoms with Crippen molar-refractivity contribution in [3.63, 3.8) is 0 Å². The van der Waals surface area contributed by atoms with Gasteiger partial charge in [-0.25, -0.2) is 9.97 Å². The number of hydrogen-bond donors (Lipinski definition) is 2. The van der Waals surface area contributed by atoms with Crippen molar-refractivity contribution in [1.29, 1.82) is 0 Å². The van der Waals surface area contributed by atoms with Crippen LogP contribution < -0.4 is 0 Å². The topological polar surface area (TPSA) is 66.6 Å². The average Bonchev–Trinajstić information content (AvgIpc) is 3.66. The summed E-state index contributed by atoms with van der Waals surface area (Å²) in [6, 6.07) is 0. The van der Waals surface area contributed by atoms with Gasteiger partial charge >= 0.3 is 0 Å². The van der Waals surface area contributed by atoms with Gasteiger partial charge in [-0.2, -0.15) is 0 Å². The van der Waals surface area contributed by atoms with Gasteiger partial charge in [-0.15, -0.1) is 0 Å². The summed E-state index contributed by atoms with van der Waals surface area (Å²) in [6.07, 6.45) is 23.7. The molecule has 2 aliphatic carbocycles. The second-order valence-corrected chi connectivity index (χ2v) is 10.6. The number of H-pyrrole nitrogens is 2. The molecule has 2 heterocycles. The maximum absolute atomic E-state index is 6.34. The van der Waals surface area contributed by atoms with Crippen LogP contribution in [0.25, 0.3) is 0 Å². The van der Waals surface area contributed by atoms with Gasteiger partial charge in [0.15, 0.2) is 0 Å². The maximum atomic E-state index is 6.34. The Morgan fingerprint density at radius 3 is 1.52 bits per heavy atom. The highest BCUT2D eigenvalue weighted by molar-refractivity contribution is 5.08. The third-order valence-corrected chi connectivity index (χ3v) is 8.97. The summed E-state index contributed by atoms with van der Waals surface area (Å²) < 4.78 is 6.34. The summed E-state index contributed by atoms with van der Waals surface area (Å²) in [5.74, 6) is 4.27. The average molecular weight is 455 g/mol. The first-order valence-corrected chi connectivity index (χ1v) is 13.9. The first kappa shape index (κ1) is 24.5. The van der Waals surface area contributed by atoms with Crippen molar-refractivity contribution in [2.24, 2.45) is 23.7 Å². The summed E-state index contributed by atoms with van der Waals surface area (Å²) in [5, 5.41) is 0. The molecule has 2 saturated carbocycles. The van der Waals surface area contributed by atoms with Gasteiger partial charge in [0.25, 0.3) is 0 Å². The summed E-state index contributed by atoms with van der Waals surface area (Å²) in [5.41, 5.74) is 2.61. The summed E-state index contributed by atoms with van der Waals surface area (Å²) in [4.78, 5) is 15.5. The van der Waals surface area contributed by atoms with Gasteiger partial charge in [0.05, 0.1) is 12.7 Å². The Kier molecular flexibility index (Phi) is 9.46. The molecule has 4 rings (SSSR count). The summed E-state index contributed by atoms with van der Waals surface area (Å²) in [7, 11) is 0. The van der Waals surface area contributed by atoms with Crippen LogP contribution in [0.15, 0.2) is 25.0 Å². The smallest absolute Gasteiger partial charge is 0.0921 e. The van der Waals surface area contributed by atoms with E-state index in [-0.39, 0.29) is 0 Å². The highest BCUT2D eigenvalue weighted by atomic mass is 16.5. The SMILES string of the molecule is CCC(C1CCCC1)C(CCOCCC(c1cnc[nH]1)C(CC)C1CCCC1)c1cnc[nH]1. The van der Waals surface area contributed by atoms with E-state index in [1.807, 2.05) is 25.0 Å². The largest absolute Gasteiger partial charge is 0.381 e. The van der Waals surface area contributed by atoms with E-state index in [0.717, 1.165) is 49.7 Å². The molecule has 184 valence electrons. The fraction of sp³-hybridized carbons (Fsp3) is 0.786. The molecule has 0 bridgehead atoms. The summed E-state index contributed by atoms with van der Waals surface area (Å²) in [6.45, 7) is 6.41. The third-order valence-electron chi connectivity index (χ3n) is 8.97. The molecular weight excluding hydrogens is 408 g/mol. The molecule has 0 aromatic carbocycles. The van der Waals surface area contributed by atoms with E-state index in [1.54, 1.807) is 0 Å². The molecule has 0 saturated heterocycles.